The molecule has 0 aliphatic rings. The summed E-state index contributed by atoms with van der Waals surface area (Å²) in [7, 11) is 1.60. The molecule has 1 heterocycles. The summed E-state index contributed by atoms with van der Waals surface area (Å²) in [6.07, 6.45) is 1.14. The van der Waals surface area contributed by atoms with Gasteiger partial charge in [0.15, 0.2) is 4.80 Å². The maximum atomic E-state index is 11.0. The van der Waals surface area contributed by atoms with E-state index in [-0.39, 0.29) is 5.91 Å². The van der Waals surface area contributed by atoms with Gasteiger partial charge >= 0.3 is 0 Å². The molecule has 0 saturated carbocycles. The van der Waals surface area contributed by atoms with Crippen molar-refractivity contribution in [1.29, 1.82) is 0 Å². The minimum absolute atomic E-state index is 0.250. The molecule has 0 aliphatic heterocycles. The average Bonchev–Trinajstić information content (AvgIpc) is 2.85. The number of carbonyl (C=O) groups excluding carboxylic acids is 1. The van der Waals surface area contributed by atoms with Crippen molar-refractivity contribution in [2.24, 2.45) is 4.99 Å². The van der Waals surface area contributed by atoms with Crippen LogP contribution in [0.25, 0.3) is 0 Å². The predicted octanol–water partition coefficient (Wildman–Crippen LogP) is 1.74. The number of rotatable bonds is 4. The molecule has 1 N–H and O–H groups in total. The van der Waals surface area contributed by atoms with Crippen molar-refractivity contribution in [3.05, 3.63) is 46.2 Å². The van der Waals surface area contributed by atoms with Crippen LogP contribution in [-0.2, 0) is 11.3 Å². The number of aliphatic hydroxyl groups excluding tert-OH is 1. The summed E-state index contributed by atoms with van der Waals surface area (Å²) in [6, 6.07) is 7.24. The maximum absolute atomic E-state index is 11.0. The second-order valence-electron chi connectivity index (χ2n) is 4.26. The molecule has 0 bridgehead atoms. The molecule has 0 radical (unpaired) electrons. The molecule has 1 atom stereocenters. The van der Waals surface area contributed by atoms with Crippen LogP contribution in [0.15, 0.2) is 40.8 Å². The fourth-order valence-electron chi connectivity index (χ4n) is 1.78. The minimum Gasteiger partial charge on any atom is -0.497 e. The number of hydrogen-bond donors (Lipinski definition) is 1. The highest BCUT2D eigenvalue weighted by Crippen LogP contribution is 2.18. The van der Waals surface area contributed by atoms with E-state index in [1.165, 1.54) is 18.3 Å². The van der Waals surface area contributed by atoms with E-state index in [0.717, 1.165) is 11.3 Å². The molecule has 5 nitrogen and oxygen atoms in total. The molecule has 20 heavy (non-hydrogen) atoms. The standard InChI is InChI=1S/C14H16N2O3S/c1-10(17)15-14-16(7-8-20-14)9-13(18)11-3-5-12(19-2)6-4-11/h3-8,13,18H,9H2,1-2H3/t13-/m1/s1. The molecule has 1 aromatic carbocycles. The minimum atomic E-state index is -0.665. The van der Waals surface area contributed by atoms with Crippen LogP contribution in [0.4, 0.5) is 0 Å². The Morgan fingerprint density at radius 3 is 2.75 bits per heavy atom. The summed E-state index contributed by atoms with van der Waals surface area (Å²) in [5, 5.41) is 12.1. The molecule has 0 aliphatic carbocycles. The molecule has 2 rings (SSSR count). The molecule has 0 spiro atoms. The number of hydrogen-bond acceptors (Lipinski definition) is 4. The number of benzene rings is 1. The van der Waals surface area contributed by atoms with Crippen LogP contribution in [0.5, 0.6) is 5.75 Å². The summed E-state index contributed by atoms with van der Waals surface area (Å²) in [5.41, 5.74) is 0.790. The number of nitrogens with zero attached hydrogens (tertiary/aromatic N) is 2. The highest BCUT2D eigenvalue weighted by atomic mass is 32.1. The first-order chi connectivity index (χ1) is 9.60. The average molecular weight is 292 g/mol. The van der Waals surface area contributed by atoms with Crippen molar-refractivity contribution >= 4 is 17.2 Å². The molecular weight excluding hydrogens is 276 g/mol. The zero-order valence-electron chi connectivity index (χ0n) is 11.3. The zero-order valence-corrected chi connectivity index (χ0v) is 12.1. The van der Waals surface area contributed by atoms with E-state index in [1.807, 2.05) is 17.5 Å². The lowest BCUT2D eigenvalue weighted by Gasteiger charge is -2.12. The quantitative estimate of drug-likeness (QED) is 0.933. The van der Waals surface area contributed by atoms with E-state index in [9.17, 15) is 9.90 Å². The van der Waals surface area contributed by atoms with Crippen molar-refractivity contribution in [2.75, 3.05) is 7.11 Å². The van der Waals surface area contributed by atoms with Crippen LogP contribution < -0.4 is 9.54 Å². The van der Waals surface area contributed by atoms with E-state index in [2.05, 4.69) is 4.99 Å². The van der Waals surface area contributed by atoms with E-state index in [0.29, 0.717) is 11.3 Å². The van der Waals surface area contributed by atoms with Gasteiger partial charge in [-0.1, -0.05) is 12.1 Å². The SMILES string of the molecule is COc1ccc([C@H](O)Cn2ccsc2=NC(C)=O)cc1. The molecular formula is C14H16N2O3S. The van der Waals surface area contributed by atoms with Crippen LogP contribution >= 0.6 is 11.3 Å². The van der Waals surface area contributed by atoms with Gasteiger partial charge in [0, 0.05) is 18.5 Å². The van der Waals surface area contributed by atoms with Crippen LogP contribution in [0.1, 0.15) is 18.6 Å². The number of aliphatic hydroxyl groups is 1. The number of thiazole rings is 1. The Balaban J connectivity index is 2.17. The third-order valence-electron chi connectivity index (χ3n) is 2.78. The second kappa shape index (κ2) is 6.49. The van der Waals surface area contributed by atoms with Gasteiger partial charge in [-0.05, 0) is 17.7 Å². The van der Waals surface area contributed by atoms with Crippen molar-refractivity contribution in [3.63, 3.8) is 0 Å². The van der Waals surface area contributed by atoms with Gasteiger partial charge in [0.25, 0.3) is 0 Å². The number of carbonyl (C=O) groups is 1. The van der Waals surface area contributed by atoms with E-state index < -0.39 is 6.10 Å². The number of amides is 1. The van der Waals surface area contributed by atoms with Gasteiger partial charge in [0.2, 0.25) is 5.91 Å². The molecule has 106 valence electrons. The predicted molar refractivity (Wildman–Crippen MR) is 76.5 cm³/mol. The van der Waals surface area contributed by atoms with Crippen LogP contribution in [0, 0.1) is 0 Å². The van der Waals surface area contributed by atoms with E-state index in [1.54, 1.807) is 30.0 Å². The molecule has 1 amide bonds. The van der Waals surface area contributed by atoms with Gasteiger partial charge in [0.1, 0.15) is 5.75 Å². The molecule has 0 saturated heterocycles. The van der Waals surface area contributed by atoms with Gasteiger partial charge in [-0.25, -0.2) is 0 Å². The van der Waals surface area contributed by atoms with Gasteiger partial charge in [-0.3, -0.25) is 4.79 Å². The van der Waals surface area contributed by atoms with Crippen molar-refractivity contribution in [1.82, 2.24) is 4.57 Å². The molecule has 6 heteroatoms. The summed E-state index contributed by atoms with van der Waals surface area (Å²) in [4.78, 5) is 15.5. The monoisotopic (exact) mass is 292 g/mol. The summed E-state index contributed by atoms with van der Waals surface area (Å²) >= 11 is 1.37. The summed E-state index contributed by atoms with van der Waals surface area (Å²) in [6.45, 7) is 1.76. The van der Waals surface area contributed by atoms with Crippen molar-refractivity contribution in [3.8, 4) is 5.75 Å². The fraction of sp³-hybridized carbons (Fsp3) is 0.286. The van der Waals surface area contributed by atoms with Gasteiger partial charge in [-0.2, -0.15) is 4.99 Å². The normalized spacial score (nSPS) is 13.2. The molecule has 0 fully saturated rings. The molecule has 1 aromatic heterocycles. The summed E-state index contributed by atoms with van der Waals surface area (Å²) in [5.74, 6) is 0.497. The maximum Gasteiger partial charge on any atom is 0.245 e. The lowest BCUT2D eigenvalue weighted by atomic mass is 10.1. The Hall–Kier alpha value is -1.92. The summed E-state index contributed by atoms with van der Waals surface area (Å²) < 4.78 is 6.84. The lowest BCUT2D eigenvalue weighted by Crippen LogP contribution is -2.19. The van der Waals surface area contributed by atoms with Gasteiger partial charge in [0.05, 0.1) is 19.8 Å². The molecule has 2 aromatic rings. The Bertz CT molecular complexity index is 643. The Morgan fingerprint density at radius 2 is 2.15 bits per heavy atom. The lowest BCUT2D eigenvalue weighted by molar-refractivity contribution is -0.116. The highest BCUT2D eigenvalue weighted by molar-refractivity contribution is 7.07. The van der Waals surface area contributed by atoms with Crippen LogP contribution in [-0.4, -0.2) is 22.7 Å². The van der Waals surface area contributed by atoms with Crippen molar-refractivity contribution < 1.29 is 14.6 Å². The number of ether oxygens (including phenoxy) is 1. The largest absolute Gasteiger partial charge is 0.497 e. The van der Waals surface area contributed by atoms with Crippen molar-refractivity contribution in [2.45, 2.75) is 19.6 Å². The topological polar surface area (TPSA) is 63.8 Å². The van der Waals surface area contributed by atoms with Crippen LogP contribution in [0.3, 0.4) is 0 Å². The van der Waals surface area contributed by atoms with Gasteiger partial charge < -0.3 is 14.4 Å². The highest BCUT2D eigenvalue weighted by Gasteiger charge is 2.09. The fourth-order valence-corrected chi connectivity index (χ4v) is 2.56. The van der Waals surface area contributed by atoms with Gasteiger partial charge in [-0.15, -0.1) is 11.3 Å². The third kappa shape index (κ3) is 3.55. The first-order valence-electron chi connectivity index (χ1n) is 6.11. The van der Waals surface area contributed by atoms with E-state index >= 15 is 0 Å². The first-order valence-corrected chi connectivity index (χ1v) is 6.99. The zero-order chi connectivity index (χ0) is 14.5. The van der Waals surface area contributed by atoms with Crippen LogP contribution in [0.2, 0.25) is 0 Å². The first kappa shape index (κ1) is 14.5. The Labute approximate surface area is 120 Å². The van der Waals surface area contributed by atoms with E-state index in [4.69, 9.17) is 4.74 Å². The Kier molecular flexibility index (Phi) is 4.70. The Morgan fingerprint density at radius 1 is 1.45 bits per heavy atom. The smallest absolute Gasteiger partial charge is 0.245 e. The number of aromatic nitrogens is 1. The molecule has 0 unspecified atom stereocenters. The second-order valence-corrected chi connectivity index (χ2v) is 5.13. The number of methoxy groups -OCH3 is 1. The third-order valence-corrected chi connectivity index (χ3v) is 3.58.